The van der Waals surface area contributed by atoms with E-state index in [1.165, 1.54) is 30.6 Å². The van der Waals surface area contributed by atoms with Gasteiger partial charge >= 0.3 is 5.97 Å². The lowest BCUT2D eigenvalue weighted by atomic mass is 10.1. The first-order valence-electron chi connectivity index (χ1n) is 6.98. The van der Waals surface area contributed by atoms with Crippen LogP contribution in [0.2, 0.25) is 0 Å². The SMILES string of the molecule is O=Cc1ccc(CCCCCCCCCC(=O)O)s1. The zero-order valence-corrected chi connectivity index (χ0v) is 12.1. The Morgan fingerprint density at radius 3 is 2.26 bits per heavy atom. The highest BCUT2D eigenvalue weighted by Gasteiger charge is 1.99. The van der Waals surface area contributed by atoms with E-state index < -0.39 is 5.97 Å². The van der Waals surface area contributed by atoms with Gasteiger partial charge in [-0.1, -0.05) is 32.1 Å². The number of thiophene rings is 1. The largest absolute Gasteiger partial charge is 0.481 e. The van der Waals surface area contributed by atoms with Crippen molar-refractivity contribution in [3.8, 4) is 0 Å². The Bertz CT molecular complexity index is 384. The number of aliphatic carboxylic acids is 1. The van der Waals surface area contributed by atoms with Crippen LogP contribution in [-0.4, -0.2) is 17.4 Å². The Labute approximate surface area is 118 Å². The summed E-state index contributed by atoms with van der Waals surface area (Å²) < 4.78 is 0. The number of aryl methyl sites for hydroxylation is 1. The first-order chi connectivity index (χ1) is 9.22. The third-order valence-corrected chi connectivity index (χ3v) is 4.18. The molecular formula is C15H22O3S. The minimum absolute atomic E-state index is 0.303. The predicted molar refractivity (Wildman–Crippen MR) is 78.0 cm³/mol. The van der Waals surface area contributed by atoms with Crippen molar-refractivity contribution in [2.45, 2.75) is 57.8 Å². The molecule has 0 spiro atoms. The maximum atomic E-state index is 10.5. The van der Waals surface area contributed by atoms with Crippen molar-refractivity contribution in [2.24, 2.45) is 0 Å². The molecule has 4 heteroatoms. The second kappa shape index (κ2) is 9.73. The Hall–Kier alpha value is -1.16. The van der Waals surface area contributed by atoms with Gasteiger partial charge in [-0.3, -0.25) is 9.59 Å². The number of rotatable bonds is 11. The van der Waals surface area contributed by atoms with Crippen molar-refractivity contribution in [1.29, 1.82) is 0 Å². The van der Waals surface area contributed by atoms with Crippen molar-refractivity contribution in [3.05, 3.63) is 21.9 Å². The van der Waals surface area contributed by atoms with Gasteiger partial charge in [0.1, 0.15) is 0 Å². The van der Waals surface area contributed by atoms with Gasteiger partial charge in [0.05, 0.1) is 4.88 Å². The molecule has 1 N–H and O–H groups in total. The lowest BCUT2D eigenvalue weighted by molar-refractivity contribution is -0.137. The summed E-state index contributed by atoms with van der Waals surface area (Å²) in [6.45, 7) is 0. The molecule has 0 unspecified atom stereocenters. The Balaban J connectivity index is 1.91. The monoisotopic (exact) mass is 282 g/mol. The maximum absolute atomic E-state index is 10.5. The molecule has 0 aliphatic rings. The average Bonchev–Trinajstić information content (AvgIpc) is 2.84. The number of hydrogen-bond donors (Lipinski definition) is 1. The van der Waals surface area contributed by atoms with Crippen molar-refractivity contribution < 1.29 is 14.7 Å². The highest BCUT2D eigenvalue weighted by atomic mass is 32.1. The summed E-state index contributed by atoms with van der Waals surface area (Å²) in [4.78, 5) is 23.0. The lowest BCUT2D eigenvalue weighted by Gasteiger charge is -2.01. The van der Waals surface area contributed by atoms with Gasteiger partial charge in [-0.05, 0) is 31.4 Å². The summed E-state index contributed by atoms with van der Waals surface area (Å²) in [7, 11) is 0. The third-order valence-electron chi connectivity index (χ3n) is 3.11. The van der Waals surface area contributed by atoms with Gasteiger partial charge < -0.3 is 5.11 Å². The quantitative estimate of drug-likeness (QED) is 0.486. The van der Waals surface area contributed by atoms with Crippen LogP contribution in [0.5, 0.6) is 0 Å². The fraction of sp³-hybridized carbons (Fsp3) is 0.600. The average molecular weight is 282 g/mol. The van der Waals surface area contributed by atoms with Crippen LogP contribution >= 0.6 is 11.3 Å². The number of carboxylic acid groups (broad SMARTS) is 1. The van der Waals surface area contributed by atoms with Gasteiger partial charge in [0, 0.05) is 11.3 Å². The number of carbonyl (C=O) groups excluding carboxylic acids is 1. The van der Waals surface area contributed by atoms with Gasteiger partial charge in [0.15, 0.2) is 6.29 Å². The van der Waals surface area contributed by atoms with Crippen LogP contribution in [0.4, 0.5) is 0 Å². The highest BCUT2D eigenvalue weighted by Crippen LogP contribution is 2.18. The molecule has 0 aromatic carbocycles. The molecule has 1 rings (SSSR count). The number of hydrogen-bond acceptors (Lipinski definition) is 3. The Kier molecular flexibility index (Phi) is 8.14. The van der Waals surface area contributed by atoms with Crippen LogP contribution in [0, 0.1) is 0 Å². The highest BCUT2D eigenvalue weighted by molar-refractivity contribution is 7.13. The third kappa shape index (κ3) is 7.78. The smallest absolute Gasteiger partial charge is 0.303 e. The Morgan fingerprint density at radius 1 is 1.05 bits per heavy atom. The molecule has 0 atom stereocenters. The van der Waals surface area contributed by atoms with Crippen LogP contribution in [0.15, 0.2) is 12.1 Å². The summed E-state index contributed by atoms with van der Waals surface area (Å²) >= 11 is 1.59. The van der Waals surface area contributed by atoms with E-state index in [0.29, 0.717) is 6.42 Å². The molecule has 0 aliphatic carbocycles. The second-order valence-corrected chi connectivity index (χ2v) is 5.99. The normalized spacial score (nSPS) is 10.5. The van der Waals surface area contributed by atoms with Gasteiger partial charge in [0.25, 0.3) is 0 Å². The molecule has 0 saturated heterocycles. The molecular weight excluding hydrogens is 260 g/mol. The van der Waals surface area contributed by atoms with E-state index >= 15 is 0 Å². The summed E-state index contributed by atoms with van der Waals surface area (Å²) in [6.07, 6.45) is 10.1. The zero-order valence-electron chi connectivity index (χ0n) is 11.3. The van der Waals surface area contributed by atoms with Gasteiger partial charge in [-0.2, -0.15) is 0 Å². The minimum Gasteiger partial charge on any atom is -0.481 e. The molecule has 0 fully saturated rings. The van der Waals surface area contributed by atoms with E-state index in [0.717, 1.165) is 36.8 Å². The molecule has 106 valence electrons. The second-order valence-electron chi connectivity index (χ2n) is 4.79. The van der Waals surface area contributed by atoms with Gasteiger partial charge in [0.2, 0.25) is 0 Å². The summed E-state index contributed by atoms with van der Waals surface area (Å²) in [5.74, 6) is -0.689. The van der Waals surface area contributed by atoms with Crippen LogP contribution < -0.4 is 0 Å². The van der Waals surface area contributed by atoms with Crippen LogP contribution in [0.3, 0.4) is 0 Å². The Morgan fingerprint density at radius 2 is 1.68 bits per heavy atom. The first-order valence-corrected chi connectivity index (χ1v) is 7.79. The van der Waals surface area contributed by atoms with Crippen molar-refractivity contribution in [3.63, 3.8) is 0 Å². The molecule has 3 nitrogen and oxygen atoms in total. The lowest BCUT2D eigenvalue weighted by Crippen LogP contribution is -1.93. The van der Waals surface area contributed by atoms with Crippen LogP contribution in [0.1, 0.15) is 65.9 Å². The first kappa shape index (κ1) is 15.9. The molecule has 0 amide bonds. The predicted octanol–water partition coefficient (Wildman–Crippen LogP) is 4.31. The van der Waals surface area contributed by atoms with Crippen LogP contribution in [-0.2, 0) is 11.2 Å². The van der Waals surface area contributed by atoms with E-state index in [1.54, 1.807) is 11.3 Å². The molecule has 0 saturated carbocycles. The topological polar surface area (TPSA) is 54.4 Å². The van der Waals surface area contributed by atoms with Crippen molar-refractivity contribution >= 4 is 23.6 Å². The fourth-order valence-electron chi connectivity index (χ4n) is 2.05. The van der Waals surface area contributed by atoms with Crippen LogP contribution in [0.25, 0.3) is 0 Å². The molecule has 0 aliphatic heterocycles. The van der Waals surface area contributed by atoms with Crippen molar-refractivity contribution in [2.75, 3.05) is 0 Å². The molecule has 1 heterocycles. The van der Waals surface area contributed by atoms with Gasteiger partial charge in [-0.25, -0.2) is 0 Å². The van der Waals surface area contributed by atoms with E-state index in [2.05, 4.69) is 0 Å². The molecule has 1 aromatic heterocycles. The van der Waals surface area contributed by atoms with E-state index in [9.17, 15) is 9.59 Å². The van der Waals surface area contributed by atoms with E-state index in [-0.39, 0.29) is 0 Å². The number of aldehydes is 1. The van der Waals surface area contributed by atoms with Crippen molar-refractivity contribution in [1.82, 2.24) is 0 Å². The molecule has 0 bridgehead atoms. The minimum atomic E-state index is -0.689. The molecule has 19 heavy (non-hydrogen) atoms. The van der Waals surface area contributed by atoms with E-state index in [4.69, 9.17) is 5.11 Å². The summed E-state index contributed by atoms with van der Waals surface area (Å²) in [5.41, 5.74) is 0. The summed E-state index contributed by atoms with van der Waals surface area (Å²) in [5, 5.41) is 8.49. The number of unbranched alkanes of at least 4 members (excludes halogenated alkanes) is 6. The van der Waals surface area contributed by atoms with E-state index in [1.807, 2.05) is 12.1 Å². The number of carboxylic acids is 1. The standard InChI is InChI=1S/C15H22O3S/c16-12-14-11-10-13(19-14)8-6-4-2-1-3-5-7-9-15(17)18/h10-12H,1-9H2,(H,17,18). The molecule has 1 aromatic rings. The van der Waals surface area contributed by atoms with Gasteiger partial charge in [-0.15, -0.1) is 11.3 Å². The molecule has 0 radical (unpaired) electrons. The fourth-order valence-corrected chi connectivity index (χ4v) is 2.92. The zero-order chi connectivity index (χ0) is 13.9. The number of carbonyl (C=O) groups is 2. The maximum Gasteiger partial charge on any atom is 0.303 e. The summed E-state index contributed by atoms with van der Waals surface area (Å²) in [6, 6.07) is 3.93.